The highest BCUT2D eigenvalue weighted by Crippen LogP contribution is 2.12. The molecular weight excluding hydrogens is 182 g/mol. The molecule has 0 amide bonds. The first-order chi connectivity index (χ1) is 6.56. The van der Waals surface area contributed by atoms with Crippen molar-refractivity contribution in [3.05, 3.63) is 34.9 Å². The average Bonchev–Trinajstić information content (AvgIpc) is 2.16. The minimum absolute atomic E-state index is 0.104. The Morgan fingerprint density at radius 3 is 2.50 bits per heavy atom. The average molecular weight is 193 g/mol. The van der Waals surface area contributed by atoms with E-state index in [-0.39, 0.29) is 17.9 Å². The molecule has 0 unspecified atom stereocenters. The quantitative estimate of drug-likeness (QED) is 0.703. The van der Waals surface area contributed by atoms with Gasteiger partial charge in [0, 0.05) is 12.1 Å². The first-order valence-electron chi connectivity index (χ1n) is 4.13. The Balaban J connectivity index is 3.27. The minimum atomic E-state index is -1.05. The van der Waals surface area contributed by atoms with E-state index in [0.717, 1.165) is 0 Å². The zero-order valence-corrected chi connectivity index (χ0v) is 7.78. The number of Topliss-reactive ketones (excluding diaryl/α,β-unsaturated/α-hetero) is 1. The number of carboxylic acids is 1. The number of rotatable bonds is 3. The van der Waals surface area contributed by atoms with Crippen LogP contribution in [-0.2, 0) is 6.54 Å². The van der Waals surface area contributed by atoms with E-state index in [1.165, 1.54) is 19.1 Å². The topological polar surface area (TPSA) is 80.4 Å². The van der Waals surface area contributed by atoms with Crippen molar-refractivity contribution in [1.29, 1.82) is 0 Å². The number of ketones is 1. The van der Waals surface area contributed by atoms with Gasteiger partial charge in [-0.2, -0.15) is 0 Å². The van der Waals surface area contributed by atoms with Gasteiger partial charge >= 0.3 is 5.97 Å². The molecule has 3 N–H and O–H groups in total. The third-order valence-corrected chi connectivity index (χ3v) is 1.96. The van der Waals surface area contributed by atoms with E-state index in [0.29, 0.717) is 11.1 Å². The molecule has 0 bridgehead atoms. The third kappa shape index (κ3) is 1.97. The molecule has 1 rings (SSSR count). The van der Waals surface area contributed by atoms with Gasteiger partial charge in [0.25, 0.3) is 0 Å². The first-order valence-corrected chi connectivity index (χ1v) is 4.13. The summed E-state index contributed by atoms with van der Waals surface area (Å²) in [7, 11) is 0. The fourth-order valence-electron chi connectivity index (χ4n) is 1.22. The van der Waals surface area contributed by atoms with Crippen molar-refractivity contribution in [2.75, 3.05) is 0 Å². The zero-order chi connectivity index (χ0) is 10.7. The third-order valence-electron chi connectivity index (χ3n) is 1.96. The maximum absolute atomic E-state index is 11.2. The molecule has 0 aliphatic rings. The fraction of sp³-hybridized carbons (Fsp3) is 0.200. The van der Waals surface area contributed by atoms with Crippen LogP contribution in [0.4, 0.5) is 0 Å². The van der Waals surface area contributed by atoms with Gasteiger partial charge in [0.15, 0.2) is 5.78 Å². The number of aromatic carboxylic acids is 1. The van der Waals surface area contributed by atoms with E-state index < -0.39 is 5.97 Å². The van der Waals surface area contributed by atoms with Crippen molar-refractivity contribution in [2.45, 2.75) is 13.5 Å². The summed E-state index contributed by atoms with van der Waals surface area (Å²) in [5.74, 6) is -1.22. The van der Waals surface area contributed by atoms with Crippen LogP contribution in [0.3, 0.4) is 0 Å². The summed E-state index contributed by atoms with van der Waals surface area (Å²) in [6.45, 7) is 1.62. The second-order valence-corrected chi connectivity index (χ2v) is 2.94. The van der Waals surface area contributed by atoms with Gasteiger partial charge in [0.05, 0.1) is 5.56 Å². The van der Waals surface area contributed by atoms with Gasteiger partial charge in [-0.05, 0) is 24.6 Å². The molecule has 0 aliphatic carbocycles. The second kappa shape index (κ2) is 4.02. The predicted molar refractivity (Wildman–Crippen MR) is 51.3 cm³/mol. The van der Waals surface area contributed by atoms with Crippen molar-refractivity contribution in [2.24, 2.45) is 5.73 Å². The summed E-state index contributed by atoms with van der Waals surface area (Å²) in [5, 5.41) is 8.71. The summed E-state index contributed by atoms with van der Waals surface area (Å²) in [6, 6.07) is 4.37. The Labute approximate surface area is 81.3 Å². The van der Waals surface area contributed by atoms with Crippen LogP contribution in [0.15, 0.2) is 18.2 Å². The Kier molecular flexibility index (Phi) is 2.99. The van der Waals surface area contributed by atoms with Crippen molar-refractivity contribution in [3.8, 4) is 0 Å². The van der Waals surface area contributed by atoms with E-state index in [9.17, 15) is 9.59 Å². The molecule has 0 heterocycles. The van der Waals surface area contributed by atoms with Crippen LogP contribution >= 0.6 is 0 Å². The molecule has 4 heteroatoms. The maximum atomic E-state index is 11.2. The maximum Gasteiger partial charge on any atom is 0.335 e. The zero-order valence-electron chi connectivity index (χ0n) is 7.78. The van der Waals surface area contributed by atoms with Crippen molar-refractivity contribution >= 4 is 11.8 Å². The molecule has 0 aromatic heterocycles. The highest BCUT2D eigenvalue weighted by molar-refractivity contribution is 5.98. The van der Waals surface area contributed by atoms with Crippen LogP contribution in [0.2, 0.25) is 0 Å². The smallest absolute Gasteiger partial charge is 0.335 e. The molecule has 0 aliphatic heterocycles. The number of benzene rings is 1. The van der Waals surface area contributed by atoms with E-state index >= 15 is 0 Å². The molecule has 4 nitrogen and oxygen atoms in total. The van der Waals surface area contributed by atoms with E-state index in [4.69, 9.17) is 10.8 Å². The molecule has 0 saturated heterocycles. The molecule has 0 fully saturated rings. The number of nitrogens with two attached hydrogens (primary N) is 1. The van der Waals surface area contributed by atoms with Gasteiger partial charge in [-0.1, -0.05) is 6.07 Å². The van der Waals surface area contributed by atoms with Crippen LogP contribution in [0.25, 0.3) is 0 Å². The highest BCUT2D eigenvalue weighted by Gasteiger charge is 2.10. The molecule has 0 spiro atoms. The molecule has 0 saturated carbocycles. The fourth-order valence-corrected chi connectivity index (χ4v) is 1.22. The Hall–Kier alpha value is -1.68. The van der Waals surface area contributed by atoms with Crippen LogP contribution in [0.1, 0.15) is 33.2 Å². The number of carbonyl (C=O) groups is 2. The Morgan fingerprint density at radius 2 is 2.07 bits per heavy atom. The molecule has 14 heavy (non-hydrogen) atoms. The Bertz CT molecular complexity index is 385. The summed E-state index contributed by atoms with van der Waals surface area (Å²) < 4.78 is 0. The number of hydrogen-bond donors (Lipinski definition) is 2. The minimum Gasteiger partial charge on any atom is -0.478 e. The highest BCUT2D eigenvalue weighted by atomic mass is 16.4. The predicted octanol–water partition coefficient (Wildman–Crippen LogP) is 1.05. The van der Waals surface area contributed by atoms with Crippen molar-refractivity contribution in [3.63, 3.8) is 0 Å². The molecule has 74 valence electrons. The summed E-state index contributed by atoms with van der Waals surface area (Å²) in [6.07, 6.45) is 0. The normalized spacial score (nSPS) is 9.86. The second-order valence-electron chi connectivity index (χ2n) is 2.94. The van der Waals surface area contributed by atoms with Gasteiger partial charge in [-0.15, -0.1) is 0 Å². The lowest BCUT2D eigenvalue weighted by Gasteiger charge is -2.05. The van der Waals surface area contributed by atoms with E-state index in [1.807, 2.05) is 0 Å². The lowest BCUT2D eigenvalue weighted by molar-refractivity contribution is 0.0697. The van der Waals surface area contributed by atoms with Crippen LogP contribution in [-0.4, -0.2) is 16.9 Å². The first kappa shape index (κ1) is 10.4. The Morgan fingerprint density at radius 1 is 1.43 bits per heavy atom. The number of hydrogen-bond acceptors (Lipinski definition) is 3. The lowest BCUT2D eigenvalue weighted by Crippen LogP contribution is -2.07. The van der Waals surface area contributed by atoms with Gasteiger partial charge < -0.3 is 10.8 Å². The van der Waals surface area contributed by atoms with E-state index in [1.54, 1.807) is 6.07 Å². The molecular formula is C10H11NO3. The molecule has 0 atom stereocenters. The van der Waals surface area contributed by atoms with Crippen LogP contribution < -0.4 is 5.73 Å². The number of carbonyl (C=O) groups excluding carboxylic acids is 1. The van der Waals surface area contributed by atoms with Gasteiger partial charge in [0.2, 0.25) is 0 Å². The van der Waals surface area contributed by atoms with Gasteiger partial charge in [-0.25, -0.2) is 4.79 Å². The van der Waals surface area contributed by atoms with Crippen LogP contribution in [0.5, 0.6) is 0 Å². The monoisotopic (exact) mass is 193 g/mol. The van der Waals surface area contributed by atoms with E-state index in [2.05, 4.69) is 0 Å². The van der Waals surface area contributed by atoms with Crippen LogP contribution in [0, 0.1) is 0 Å². The van der Waals surface area contributed by atoms with Crippen molar-refractivity contribution < 1.29 is 14.7 Å². The summed E-state index contributed by atoms with van der Waals surface area (Å²) in [5.41, 5.74) is 6.57. The number of carboxylic acid groups (broad SMARTS) is 1. The SMILES string of the molecule is CC(=O)c1cc(C(=O)O)ccc1CN. The molecule has 1 aromatic carbocycles. The molecule has 0 radical (unpaired) electrons. The van der Waals surface area contributed by atoms with Gasteiger partial charge in [0.1, 0.15) is 0 Å². The summed E-state index contributed by atoms with van der Waals surface area (Å²) >= 11 is 0. The summed E-state index contributed by atoms with van der Waals surface area (Å²) in [4.78, 5) is 21.8. The lowest BCUT2D eigenvalue weighted by atomic mass is 10.0. The van der Waals surface area contributed by atoms with Crippen molar-refractivity contribution in [1.82, 2.24) is 0 Å². The van der Waals surface area contributed by atoms with Gasteiger partial charge in [-0.3, -0.25) is 4.79 Å². The molecule has 1 aromatic rings. The standard InChI is InChI=1S/C10H11NO3/c1-6(12)9-4-7(10(13)14)2-3-8(9)5-11/h2-4H,5,11H2,1H3,(H,13,14). The largest absolute Gasteiger partial charge is 0.478 e.